The molecule has 0 aliphatic carbocycles. The highest BCUT2D eigenvalue weighted by atomic mass is 79.9. The van der Waals surface area contributed by atoms with Gasteiger partial charge in [0.25, 0.3) is 0 Å². The van der Waals surface area contributed by atoms with E-state index >= 15 is 0 Å². The molecule has 0 unspecified atom stereocenters. The van der Waals surface area contributed by atoms with E-state index in [4.69, 9.17) is 0 Å². The van der Waals surface area contributed by atoms with Crippen molar-refractivity contribution in [2.24, 2.45) is 5.92 Å². The van der Waals surface area contributed by atoms with Gasteiger partial charge in [-0.2, -0.15) is 0 Å². The SMILES string of the molecule is O[C@H]1C[N+]2(CC=Cc3ccccc3)CCC1CC2.[Br-]. The predicted octanol–water partition coefficient (Wildman–Crippen LogP) is -0.695. The van der Waals surface area contributed by atoms with Crippen molar-refractivity contribution in [3.63, 3.8) is 0 Å². The van der Waals surface area contributed by atoms with Crippen molar-refractivity contribution in [2.75, 3.05) is 26.2 Å². The minimum absolute atomic E-state index is 0. The summed E-state index contributed by atoms with van der Waals surface area (Å²) in [5.74, 6) is 0.586. The first kappa shape index (κ1) is 14.8. The van der Waals surface area contributed by atoms with E-state index in [0.29, 0.717) is 5.92 Å². The number of benzene rings is 1. The summed E-state index contributed by atoms with van der Waals surface area (Å²) < 4.78 is 1.10. The zero-order valence-corrected chi connectivity index (χ0v) is 12.8. The number of hydrogen-bond donors (Lipinski definition) is 1. The number of nitrogens with zero attached hydrogens (tertiary/aromatic N) is 1. The van der Waals surface area contributed by atoms with Gasteiger partial charge in [0.05, 0.1) is 19.6 Å². The molecule has 19 heavy (non-hydrogen) atoms. The van der Waals surface area contributed by atoms with E-state index in [9.17, 15) is 5.11 Å². The first-order valence-corrected chi connectivity index (χ1v) is 7.02. The fraction of sp³-hybridized carbons (Fsp3) is 0.500. The maximum absolute atomic E-state index is 10.0. The average molecular weight is 324 g/mol. The topological polar surface area (TPSA) is 20.2 Å². The van der Waals surface area contributed by atoms with Crippen molar-refractivity contribution in [3.8, 4) is 0 Å². The number of halogens is 1. The van der Waals surface area contributed by atoms with Gasteiger partial charge in [0.2, 0.25) is 0 Å². The molecule has 2 bridgehead atoms. The lowest BCUT2D eigenvalue weighted by Crippen LogP contribution is -3.00. The second kappa shape index (κ2) is 6.21. The van der Waals surface area contributed by atoms with E-state index in [-0.39, 0.29) is 23.1 Å². The molecular formula is C16H22BrNO. The van der Waals surface area contributed by atoms with Gasteiger partial charge in [0, 0.05) is 18.8 Å². The summed E-state index contributed by atoms with van der Waals surface area (Å²) in [6.07, 6.45) is 6.85. The van der Waals surface area contributed by atoms with Crippen LogP contribution in [0, 0.1) is 5.92 Å². The fourth-order valence-corrected chi connectivity index (χ4v) is 3.48. The third-order valence-corrected chi connectivity index (χ3v) is 4.67. The van der Waals surface area contributed by atoms with Crippen LogP contribution in [0.4, 0.5) is 0 Å². The maximum atomic E-state index is 10.0. The standard InChI is InChI=1S/C16H22NO.BrH/c18-16-13-17(11-8-15(16)9-12-17)10-4-7-14-5-2-1-3-6-14;/h1-7,15-16,18H,8-13H2;1H/q+1;/p-1/t15?,16-,17?;/m0./s1. The maximum Gasteiger partial charge on any atom is 0.106 e. The van der Waals surface area contributed by atoms with E-state index in [0.717, 1.165) is 17.6 Å². The minimum Gasteiger partial charge on any atom is -1.00 e. The van der Waals surface area contributed by atoms with Crippen LogP contribution in [-0.2, 0) is 0 Å². The molecule has 0 aromatic heterocycles. The molecule has 0 spiro atoms. The molecule has 3 heteroatoms. The molecular weight excluding hydrogens is 302 g/mol. The molecule has 104 valence electrons. The smallest absolute Gasteiger partial charge is 0.106 e. The highest BCUT2D eigenvalue weighted by Crippen LogP contribution is 2.33. The molecule has 1 atom stereocenters. The summed E-state index contributed by atoms with van der Waals surface area (Å²) >= 11 is 0. The Morgan fingerprint density at radius 2 is 1.84 bits per heavy atom. The number of fused-ring (bicyclic) bond motifs is 3. The monoisotopic (exact) mass is 323 g/mol. The van der Waals surface area contributed by atoms with Crippen molar-refractivity contribution >= 4 is 6.08 Å². The van der Waals surface area contributed by atoms with Crippen LogP contribution in [0.15, 0.2) is 36.4 Å². The molecule has 1 N–H and O–H groups in total. The third-order valence-electron chi connectivity index (χ3n) is 4.67. The van der Waals surface area contributed by atoms with E-state index in [2.05, 4.69) is 36.4 Å². The van der Waals surface area contributed by atoms with Crippen molar-refractivity contribution < 1.29 is 26.6 Å². The van der Waals surface area contributed by atoms with Gasteiger partial charge in [-0.3, -0.25) is 0 Å². The number of aliphatic hydroxyl groups is 1. The minimum atomic E-state index is -0.0578. The summed E-state index contributed by atoms with van der Waals surface area (Å²) in [5.41, 5.74) is 1.27. The molecule has 0 saturated carbocycles. The fourth-order valence-electron chi connectivity index (χ4n) is 3.48. The van der Waals surface area contributed by atoms with Crippen LogP contribution in [0.25, 0.3) is 6.08 Å². The van der Waals surface area contributed by atoms with Crippen LogP contribution >= 0.6 is 0 Å². The Bertz CT molecular complexity index is 424. The zero-order valence-electron chi connectivity index (χ0n) is 11.2. The number of hydrogen-bond acceptors (Lipinski definition) is 1. The largest absolute Gasteiger partial charge is 1.00 e. The van der Waals surface area contributed by atoms with Crippen LogP contribution < -0.4 is 17.0 Å². The molecule has 3 saturated heterocycles. The highest BCUT2D eigenvalue weighted by molar-refractivity contribution is 5.48. The number of quaternary nitrogens is 1. The predicted molar refractivity (Wildman–Crippen MR) is 73.9 cm³/mol. The highest BCUT2D eigenvalue weighted by Gasteiger charge is 2.44. The first-order valence-electron chi connectivity index (χ1n) is 7.02. The summed E-state index contributed by atoms with van der Waals surface area (Å²) in [6, 6.07) is 10.5. The van der Waals surface area contributed by atoms with Gasteiger partial charge in [-0.1, -0.05) is 36.4 Å². The summed E-state index contributed by atoms with van der Waals surface area (Å²) in [4.78, 5) is 0. The van der Waals surface area contributed by atoms with Gasteiger partial charge >= 0.3 is 0 Å². The Labute approximate surface area is 126 Å². The molecule has 4 rings (SSSR count). The molecule has 0 amide bonds. The molecule has 3 fully saturated rings. The van der Waals surface area contributed by atoms with Crippen LogP contribution in [0.5, 0.6) is 0 Å². The second-order valence-electron chi connectivity index (χ2n) is 5.87. The number of rotatable bonds is 3. The van der Waals surface area contributed by atoms with E-state index in [1.165, 1.54) is 31.5 Å². The van der Waals surface area contributed by atoms with Crippen LogP contribution in [0.3, 0.4) is 0 Å². The Morgan fingerprint density at radius 1 is 1.16 bits per heavy atom. The van der Waals surface area contributed by atoms with Gasteiger partial charge in [-0.05, 0) is 11.6 Å². The molecule has 3 aliphatic heterocycles. The first-order chi connectivity index (χ1) is 8.77. The molecule has 2 nitrogen and oxygen atoms in total. The zero-order chi connectivity index (χ0) is 12.4. The summed E-state index contributed by atoms with van der Waals surface area (Å²) in [6.45, 7) is 4.53. The molecule has 3 aliphatic rings. The van der Waals surface area contributed by atoms with Crippen molar-refractivity contribution in [1.82, 2.24) is 0 Å². The number of piperidine rings is 3. The van der Waals surface area contributed by atoms with Gasteiger partial charge in [0.1, 0.15) is 12.6 Å². The number of aliphatic hydroxyl groups excluding tert-OH is 1. The van der Waals surface area contributed by atoms with Gasteiger partial charge in [-0.25, -0.2) is 0 Å². The van der Waals surface area contributed by atoms with Crippen molar-refractivity contribution in [2.45, 2.75) is 18.9 Å². The lowest BCUT2D eigenvalue weighted by atomic mass is 9.83. The lowest BCUT2D eigenvalue weighted by Gasteiger charge is -2.50. The van der Waals surface area contributed by atoms with Crippen LogP contribution in [0.1, 0.15) is 18.4 Å². The quantitative estimate of drug-likeness (QED) is 0.730. The summed E-state index contributed by atoms with van der Waals surface area (Å²) in [5, 5.41) is 10.0. The third kappa shape index (κ3) is 3.28. The molecule has 0 radical (unpaired) electrons. The van der Waals surface area contributed by atoms with E-state index in [1.807, 2.05) is 6.07 Å². The Kier molecular flexibility index (Phi) is 4.82. The Morgan fingerprint density at radius 3 is 2.47 bits per heavy atom. The van der Waals surface area contributed by atoms with Gasteiger partial charge < -0.3 is 26.6 Å². The Hall–Kier alpha value is -0.640. The average Bonchev–Trinajstić information content (AvgIpc) is 2.41. The Balaban J connectivity index is 0.00000133. The lowest BCUT2D eigenvalue weighted by molar-refractivity contribution is -0.941. The van der Waals surface area contributed by atoms with Gasteiger partial charge in [-0.15, -0.1) is 0 Å². The van der Waals surface area contributed by atoms with Crippen LogP contribution in [0.2, 0.25) is 0 Å². The normalized spacial score (nSPS) is 33.3. The van der Waals surface area contributed by atoms with Crippen LogP contribution in [-0.4, -0.2) is 41.9 Å². The second-order valence-corrected chi connectivity index (χ2v) is 5.87. The van der Waals surface area contributed by atoms with E-state index in [1.54, 1.807) is 0 Å². The molecule has 1 aromatic carbocycles. The van der Waals surface area contributed by atoms with Gasteiger partial charge in [0.15, 0.2) is 0 Å². The van der Waals surface area contributed by atoms with E-state index < -0.39 is 0 Å². The van der Waals surface area contributed by atoms with Crippen molar-refractivity contribution in [3.05, 3.63) is 42.0 Å². The van der Waals surface area contributed by atoms with Crippen molar-refractivity contribution in [1.29, 1.82) is 0 Å². The molecule has 3 heterocycles. The molecule has 1 aromatic rings. The summed E-state index contributed by atoms with van der Waals surface area (Å²) in [7, 11) is 0.